The highest BCUT2D eigenvalue weighted by Crippen LogP contribution is 2.43. The van der Waals surface area contributed by atoms with E-state index in [0.717, 1.165) is 19.4 Å². The van der Waals surface area contributed by atoms with Crippen LogP contribution in [0.4, 0.5) is 13.2 Å². The normalized spacial score (nSPS) is 11.6. The highest BCUT2D eigenvalue weighted by Gasteiger charge is 2.36. The molecule has 0 saturated heterocycles. The van der Waals surface area contributed by atoms with Crippen LogP contribution in [-0.2, 0) is 6.18 Å². The van der Waals surface area contributed by atoms with Crippen LogP contribution in [0.3, 0.4) is 0 Å². The molecule has 0 amide bonds. The Morgan fingerprint density at radius 1 is 1.05 bits per heavy atom. The summed E-state index contributed by atoms with van der Waals surface area (Å²) in [7, 11) is 1.13. The number of aromatic nitrogens is 1. The number of rotatable bonds is 2. The molecule has 2 nitrogen and oxygen atoms in total. The SMILES string of the molecule is COc1c(C(F)(F)F)ccnc1-c1cc(Cl)c(Cl)cc1Cl. The molecule has 0 aliphatic rings. The van der Waals surface area contributed by atoms with Gasteiger partial charge in [0.15, 0.2) is 5.75 Å². The lowest BCUT2D eigenvalue weighted by atomic mass is 10.1. The van der Waals surface area contributed by atoms with E-state index in [1.165, 1.54) is 12.1 Å². The lowest BCUT2D eigenvalue weighted by molar-refractivity contribution is -0.138. The van der Waals surface area contributed by atoms with Crippen molar-refractivity contribution in [2.45, 2.75) is 6.18 Å². The summed E-state index contributed by atoms with van der Waals surface area (Å²) in [6.45, 7) is 0. The van der Waals surface area contributed by atoms with Crippen LogP contribution in [0.2, 0.25) is 15.1 Å². The van der Waals surface area contributed by atoms with Gasteiger partial charge in [0.25, 0.3) is 0 Å². The highest BCUT2D eigenvalue weighted by atomic mass is 35.5. The number of ether oxygens (including phenoxy) is 1. The fraction of sp³-hybridized carbons (Fsp3) is 0.154. The van der Waals surface area contributed by atoms with E-state index < -0.39 is 17.5 Å². The standard InChI is InChI=1S/C13H7Cl3F3NO/c1-21-12-7(13(17,18)19)2-3-20-11(12)6-4-9(15)10(16)5-8(6)14/h2-5H,1H3. The minimum atomic E-state index is -4.58. The number of nitrogens with zero attached hydrogens (tertiary/aromatic N) is 1. The van der Waals surface area contributed by atoms with Gasteiger partial charge in [0.05, 0.1) is 22.2 Å². The van der Waals surface area contributed by atoms with Crippen molar-refractivity contribution in [1.82, 2.24) is 4.98 Å². The van der Waals surface area contributed by atoms with Crippen molar-refractivity contribution in [3.8, 4) is 17.0 Å². The second-order valence-corrected chi connectivity index (χ2v) is 5.21. The Morgan fingerprint density at radius 2 is 1.67 bits per heavy atom. The van der Waals surface area contributed by atoms with Crippen LogP contribution in [0.1, 0.15) is 5.56 Å². The van der Waals surface area contributed by atoms with Crippen LogP contribution in [0.5, 0.6) is 5.75 Å². The summed E-state index contributed by atoms with van der Waals surface area (Å²) < 4.78 is 43.8. The molecule has 1 aromatic carbocycles. The first-order valence-corrected chi connectivity index (χ1v) is 6.64. The number of hydrogen-bond donors (Lipinski definition) is 0. The fourth-order valence-corrected chi connectivity index (χ4v) is 2.41. The number of hydrogen-bond acceptors (Lipinski definition) is 2. The Kier molecular flexibility index (Phi) is 4.56. The molecular formula is C13H7Cl3F3NO. The smallest absolute Gasteiger partial charge is 0.420 e. The molecule has 0 unspecified atom stereocenters. The number of halogens is 6. The molecule has 2 rings (SSSR count). The fourth-order valence-electron chi connectivity index (χ4n) is 1.77. The van der Waals surface area contributed by atoms with Gasteiger partial charge in [-0.1, -0.05) is 34.8 Å². The zero-order chi connectivity index (χ0) is 15.8. The van der Waals surface area contributed by atoms with E-state index >= 15 is 0 Å². The summed E-state index contributed by atoms with van der Waals surface area (Å²) in [5, 5.41) is 0.461. The molecule has 1 aromatic heterocycles. The third kappa shape index (κ3) is 3.20. The van der Waals surface area contributed by atoms with Crippen molar-refractivity contribution < 1.29 is 17.9 Å². The first-order chi connectivity index (χ1) is 9.75. The first-order valence-electron chi connectivity index (χ1n) is 5.50. The molecule has 2 aromatic rings. The molecule has 0 spiro atoms. The van der Waals surface area contributed by atoms with Crippen LogP contribution in [0, 0.1) is 0 Å². The van der Waals surface area contributed by atoms with Gasteiger partial charge in [-0.05, 0) is 18.2 Å². The van der Waals surface area contributed by atoms with E-state index in [9.17, 15) is 13.2 Å². The maximum atomic E-state index is 13.0. The van der Waals surface area contributed by atoms with Crippen LogP contribution >= 0.6 is 34.8 Å². The van der Waals surface area contributed by atoms with Gasteiger partial charge in [-0.3, -0.25) is 4.98 Å². The number of benzene rings is 1. The largest absolute Gasteiger partial charge is 0.494 e. The maximum Gasteiger partial charge on any atom is 0.420 e. The Morgan fingerprint density at radius 3 is 2.24 bits per heavy atom. The van der Waals surface area contributed by atoms with E-state index in [0.29, 0.717) is 0 Å². The highest BCUT2D eigenvalue weighted by molar-refractivity contribution is 6.44. The molecule has 0 atom stereocenters. The Bertz CT molecular complexity index is 689. The van der Waals surface area contributed by atoms with Gasteiger partial charge in [0.1, 0.15) is 11.3 Å². The summed E-state index contributed by atoms with van der Waals surface area (Å²) >= 11 is 17.7. The summed E-state index contributed by atoms with van der Waals surface area (Å²) in [4.78, 5) is 3.91. The predicted octanol–water partition coefficient (Wildman–Crippen LogP) is 5.74. The van der Waals surface area contributed by atoms with Gasteiger partial charge in [-0.15, -0.1) is 0 Å². The molecule has 0 fully saturated rings. The molecule has 0 aliphatic heterocycles. The number of pyridine rings is 1. The van der Waals surface area contributed by atoms with Gasteiger partial charge in [-0.25, -0.2) is 0 Å². The van der Waals surface area contributed by atoms with Gasteiger partial charge < -0.3 is 4.74 Å². The van der Waals surface area contributed by atoms with Gasteiger partial charge in [-0.2, -0.15) is 13.2 Å². The van der Waals surface area contributed by atoms with Crippen LogP contribution in [-0.4, -0.2) is 12.1 Å². The summed E-state index contributed by atoms with van der Waals surface area (Å²) in [5.41, 5.74) is -0.804. The van der Waals surface area contributed by atoms with Crippen molar-refractivity contribution in [2.75, 3.05) is 7.11 Å². The summed E-state index contributed by atoms with van der Waals surface area (Å²) in [6, 6.07) is 3.51. The van der Waals surface area contributed by atoms with Gasteiger partial charge >= 0.3 is 6.18 Å². The van der Waals surface area contributed by atoms with Crippen LogP contribution in [0.25, 0.3) is 11.3 Å². The molecule has 1 heterocycles. The Hall–Kier alpha value is -1.17. The van der Waals surface area contributed by atoms with E-state index in [-0.39, 0.29) is 26.3 Å². The number of methoxy groups -OCH3 is 1. The lowest BCUT2D eigenvalue weighted by Crippen LogP contribution is -2.09. The molecule has 8 heteroatoms. The molecular weight excluding hydrogens is 350 g/mol. The molecule has 0 aliphatic carbocycles. The average Bonchev–Trinajstić information content (AvgIpc) is 2.41. The molecule has 0 N–H and O–H groups in total. The molecule has 0 saturated carbocycles. The van der Waals surface area contributed by atoms with Crippen molar-refractivity contribution >= 4 is 34.8 Å². The van der Waals surface area contributed by atoms with Gasteiger partial charge in [0.2, 0.25) is 0 Å². The minimum absolute atomic E-state index is 0.0594. The quantitative estimate of drug-likeness (QED) is 0.640. The topological polar surface area (TPSA) is 22.1 Å². The summed E-state index contributed by atoms with van der Waals surface area (Å²) in [6.07, 6.45) is -3.55. The predicted molar refractivity (Wildman–Crippen MR) is 76.3 cm³/mol. The Labute approximate surface area is 133 Å². The van der Waals surface area contributed by atoms with E-state index in [1.54, 1.807) is 0 Å². The third-order valence-electron chi connectivity index (χ3n) is 2.68. The van der Waals surface area contributed by atoms with Crippen molar-refractivity contribution in [3.05, 3.63) is 45.0 Å². The monoisotopic (exact) mass is 355 g/mol. The third-order valence-corrected chi connectivity index (χ3v) is 3.71. The van der Waals surface area contributed by atoms with Crippen molar-refractivity contribution in [2.24, 2.45) is 0 Å². The van der Waals surface area contributed by atoms with Crippen molar-refractivity contribution in [1.29, 1.82) is 0 Å². The molecule has 21 heavy (non-hydrogen) atoms. The van der Waals surface area contributed by atoms with Crippen molar-refractivity contribution in [3.63, 3.8) is 0 Å². The van der Waals surface area contributed by atoms with Crippen LogP contribution < -0.4 is 4.74 Å². The lowest BCUT2D eigenvalue weighted by Gasteiger charge is -2.15. The summed E-state index contributed by atoms with van der Waals surface area (Å²) in [5.74, 6) is -0.426. The first kappa shape index (κ1) is 16.2. The van der Waals surface area contributed by atoms with E-state index in [4.69, 9.17) is 39.5 Å². The average molecular weight is 357 g/mol. The zero-order valence-electron chi connectivity index (χ0n) is 10.4. The second-order valence-electron chi connectivity index (χ2n) is 3.98. The maximum absolute atomic E-state index is 13.0. The molecule has 112 valence electrons. The van der Waals surface area contributed by atoms with E-state index in [2.05, 4.69) is 4.98 Å². The van der Waals surface area contributed by atoms with Gasteiger partial charge in [0, 0.05) is 11.8 Å². The zero-order valence-corrected chi connectivity index (χ0v) is 12.7. The Balaban J connectivity index is 2.73. The van der Waals surface area contributed by atoms with E-state index in [1.807, 2.05) is 0 Å². The molecule has 0 bridgehead atoms. The number of alkyl halides is 3. The second kappa shape index (κ2) is 5.91. The minimum Gasteiger partial charge on any atom is -0.494 e. The van der Waals surface area contributed by atoms with Crippen LogP contribution in [0.15, 0.2) is 24.4 Å². The molecule has 0 radical (unpaired) electrons.